The minimum Gasteiger partial charge on any atom is -0.412 e. The fraction of sp³-hybridized carbons (Fsp3) is 0. The largest absolute Gasteiger partial charge is 0.412 e. The van der Waals surface area contributed by atoms with Gasteiger partial charge in [-0.3, -0.25) is 0 Å². The summed E-state index contributed by atoms with van der Waals surface area (Å²) in [6.45, 7) is 0. The van der Waals surface area contributed by atoms with Crippen molar-refractivity contribution in [3.05, 3.63) is 0 Å². The Morgan fingerprint density at radius 1 is 1.00 bits per heavy atom. The fourth-order valence-electron chi connectivity index (χ4n) is 0. The number of rotatable bonds is 0. The monoisotopic (exact) mass is 487 g/mol. The van der Waals surface area contributed by atoms with E-state index in [1.165, 1.54) is 0 Å². The molecule has 0 atom stereocenters. The van der Waals surface area contributed by atoms with Crippen molar-refractivity contribution in [1.29, 1.82) is 0 Å². The van der Waals surface area contributed by atoms with Crippen LogP contribution in [0.2, 0.25) is 0 Å². The minimum atomic E-state index is 0. The molecule has 0 aromatic heterocycles. The molecule has 0 amide bonds. The quantitative estimate of drug-likeness (QED) is 0.403. The van der Waals surface area contributed by atoms with E-state index in [9.17, 15) is 0 Å². The summed E-state index contributed by atoms with van der Waals surface area (Å²) < 4.78 is 0. The molecule has 4 heteroatoms. The van der Waals surface area contributed by atoms with E-state index in [-0.39, 0.29) is 68.0 Å². The van der Waals surface area contributed by atoms with Gasteiger partial charge >= 0.3 is 0 Å². The van der Waals surface area contributed by atoms with Crippen LogP contribution < -0.4 is 0 Å². The molecule has 0 heterocycles. The molecule has 0 saturated heterocycles. The molecule has 27 valence electrons. The second kappa shape index (κ2) is 20.0. The molecule has 1 radical (unpaired) electrons. The van der Waals surface area contributed by atoms with Crippen molar-refractivity contribution in [1.82, 2.24) is 0 Å². The van der Waals surface area contributed by atoms with Crippen molar-refractivity contribution >= 4 is 0 Å². The van der Waals surface area contributed by atoms with Crippen LogP contribution in [0.25, 0.3) is 0 Å². The van der Waals surface area contributed by atoms with Crippen molar-refractivity contribution in [3.63, 3.8) is 0 Å². The van der Waals surface area contributed by atoms with Gasteiger partial charge in [0.25, 0.3) is 0 Å². The zero-order valence-electron chi connectivity index (χ0n) is 1.69. The van der Waals surface area contributed by atoms with Gasteiger partial charge in [-0.15, -0.1) is 0 Å². The van der Waals surface area contributed by atoms with Crippen LogP contribution in [0.15, 0.2) is 0 Å². The second-order valence-corrected chi connectivity index (χ2v) is 0. The Balaban J connectivity index is 0. The molecule has 0 bridgehead atoms. The van der Waals surface area contributed by atoms with Gasteiger partial charge in [0.2, 0.25) is 0 Å². The molecule has 1 nitrogen and oxygen atoms in total. The predicted molar refractivity (Wildman–Crippen MR) is 3.61 cm³/mol. The molecule has 0 fully saturated rings. The van der Waals surface area contributed by atoms with E-state index in [2.05, 4.69) is 0 Å². The molecule has 4 heavy (non-hydrogen) atoms. The Bertz CT molecular complexity index is 8.00. The standard InChI is InChI=1S/Mo.H2O.Re.W/h;1H2;;. The summed E-state index contributed by atoms with van der Waals surface area (Å²) in [5.41, 5.74) is 0. The number of hydrogen-bond donors (Lipinski definition) is 0. The van der Waals surface area contributed by atoms with E-state index in [0.29, 0.717) is 0 Å². The van der Waals surface area contributed by atoms with Gasteiger partial charge in [0.1, 0.15) is 0 Å². The van der Waals surface area contributed by atoms with E-state index < -0.39 is 0 Å². The van der Waals surface area contributed by atoms with Crippen LogP contribution in [-0.2, 0) is 62.6 Å². The fourth-order valence-corrected chi connectivity index (χ4v) is 0. The van der Waals surface area contributed by atoms with Gasteiger partial charge in [0, 0.05) is 62.6 Å². The van der Waals surface area contributed by atoms with E-state index >= 15 is 0 Å². The smallest absolute Gasteiger partial charge is 0 e. The summed E-state index contributed by atoms with van der Waals surface area (Å²) in [4.78, 5) is 0. The molecule has 0 spiro atoms. The normalized spacial score (nSPS) is 0. The first kappa shape index (κ1) is 37.5. The maximum atomic E-state index is 0. The first-order valence-electron chi connectivity index (χ1n) is 0. The molecule has 0 aromatic carbocycles. The molecular formula is H2MoOReW. The third-order valence-corrected chi connectivity index (χ3v) is 0. The third kappa shape index (κ3) is 9.00. The van der Waals surface area contributed by atoms with Crippen LogP contribution in [0.1, 0.15) is 0 Å². The van der Waals surface area contributed by atoms with Crippen LogP contribution >= 0.6 is 0 Å². The van der Waals surface area contributed by atoms with Gasteiger partial charge in [-0.2, -0.15) is 0 Å². The maximum Gasteiger partial charge on any atom is 0 e. The molecule has 0 unspecified atom stereocenters. The van der Waals surface area contributed by atoms with Gasteiger partial charge < -0.3 is 5.48 Å². The summed E-state index contributed by atoms with van der Waals surface area (Å²) in [6.07, 6.45) is 0. The molecule has 0 rings (SSSR count). The minimum absolute atomic E-state index is 0. The van der Waals surface area contributed by atoms with Crippen LogP contribution in [0.4, 0.5) is 0 Å². The SMILES string of the molecule is O.[Mo].[Re].[W]. The Labute approximate surface area is 67.4 Å². The second-order valence-electron chi connectivity index (χ2n) is 0. The summed E-state index contributed by atoms with van der Waals surface area (Å²) >= 11 is 0. The molecule has 0 aliphatic rings. The first-order chi connectivity index (χ1) is 0. The molecular weight excluding hydrogens is 482 g/mol. The zero-order chi connectivity index (χ0) is 0. The Morgan fingerprint density at radius 3 is 1.00 bits per heavy atom. The van der Waals surface area contributed by atoms with Gasteiger partial charge in [0.05, 0.1) is 0 Å². The summed E-state index contributed by atoms with van der Waals surface area (Å²) in [5.74, 6) is 0. The van der Waals surface area contributed by atoms with Crippen LogP contribution in [0.5, 0.6) is 0 Å². The molecule has 0 aliphatic carbocycles. The third-order valence-electron chi connectivity index (χ3n) is 0. The average Bonchev–Trinajstić information content (AvgIpc) is 0. The van der Waals surface area contributed by atoms with E-state index in [4.69, 9.17) is 0 Å². The van der Waals surface area contributed by atoms with Crippen LogP contribution in [-0.4, -0.2) is 5.48 Å². The van der Waals surface area contributed by atoms with Crippen molar-refractivity contribution in [2.24, 2.45) is 0 Å². The van der Waals surface area contributed by atoms with Gasteiger partial charge in [-0.1, -0.05) is 0 Å². The molecule has 2 N–H and O–H groups in total. The van der Waals surface area contributed by atoms with Crippen molar-refractivity contribution in [2.45, 2.75) is 0 Å². The molecule has 0 aliphatic heterocycles. The Morgan fingerprint density at radius 2 is 1.00 bits per heavy atom. The first-order valence-corrected chi connectivity index (χ1v) is 0. The van der Waals surface area contributed by atoms with Crippen LogP contribution in [0.3, 0.4) is 0 Å². The van der Waals surface area contributed by atoms with Gasteiger partial charge in [-0.25, -0.2) is 0 Å². The Kier molecular flexibility index (Phi) is 188. The van der Waals surface area contributed by atoms with Crippen molar-refractivity contribution < 1.29 is 68.0 Å². The molecule has 0 saturated carbocycles. The predicted octanol–water partition coefficient (Wildman–Crippen LogP) is -0.832. The Hall–Kier alpha value is 2.00. The van der Waals surface area contributed by atoms with Crippen molar-refractivity contribution in [2.75, 3.05) is 0 Å². The van der Waals surface area contributed by atoms with E-state index in [1.807, 2.05) is 0 Å². The topological polar surface area (TPSA) is 31.5 Å². The van der Waals surface area contributed by atoms with Crippen molar-refractivity contribution in [3.8, 4) is 0 Å². The molecule has 0 aromatic rings. The average molecular weight is 484 g/mol. The van der Waals surface area contributed by atoms with E-state index in [0.717, 1.165) is 0 Å². The van der Waals surface area contributed by atoms with E-state index in [1.54, 1.807) is 0 Å². The summed E-state index contributed by atoms with van der Waals surface area (Å²) in [6, 6.07) is 0. The number of hydrogen-bond acceptors (Lipinski definition) is 0. The summed E-state index contributed by atoms with van der Waals surface area (Å²) in [7, 11) is 0. The van der Waals surface area contributed by atoms with Gasteiger partial charge in [0.15, 0.2) is 0 Å². The maximum absolute atomic E-state index is 0. The zero-order valence-corrected chi connectivity index (χ0v) is 9.35. The van der Waals surface area contributed by atoms with Crippen LogP contribution in [0, 0.1) is 0 Å². The summed E-state index contributed by atoms with van der Waals surface area (Å²) in [5, 5.41) is 0. The van der Waals surface area contributed by atoms with Gasteiger partial charge in [-0.05, 0) is 0 Å².